The minimum Gasteiger partial charge on any atom is -0.497 e. The van der Waals surface area contributed by atoms with Crippen molar-refractivity contribution >= 4 is 0 Å². The zero-order valence-corrected chi connectivity index (χ0v) is 16.4. The van der Waals surface area contributed by atoms with E-state index in [1.165, 1.54) is 22.3 Å². The van der Waals surface area contributed by atoms with Crippen LogP contribution >= 0.6 is 0 Å². The number of aliphatic hydroxyl groups is 1. The molecular weight excluding hydrogens is 332 g/mol. The molecule has 1 aliphatic carbocycles. The first kappa shape index (κ1) is 19.4. The van der Waals surface area contributed by atoms with Gasteiger partial charge in [0.25, 0.3) is 0 Å². The first-order valence-electron chi connectivity index (χ1n) is 9.66. The first-order valence-corrected chi connectivity index (χ1v) is 9.66. The second-order valence-electron chi connectivity index (χ2n) is 7.88. The third kappa shape index (κ3) is 4.01. The second-order valence-corrected chi connectivity index (χ2v) is 7.88. The predicted octanol–water partition coefficient (Wildman–Crippen LogP) is 5.99. The Kier molecular flexibility index (Phi) is 5.86. The van der Waals surface area contributed by atoms with E-state index in [0.29, 0.717) is 11.8 Å². The van der Waals surface area contributed by atoms with Crippen molar-refractivity contribution in [1.29, 1.82) is 0 Å². The summed E-state index contributed by atoms with van der Waals surface area (Å²) in [5, 5.41) is 9.96. The molecule has 1 fully saturated rings. The molecule has 0 radical (unpaired) electrons. The first-order chi connectivity index (χ1) is 13.0. The van der Waals surface area contributed by atoms with Crippen LogP contribution in [0.4, 0.5) is 0 Å². The van der Waals surface area contributed by atoms with Crippen LogP contribution < -0.4 is 4.74 Å². The van der Waals surface area contributed by atoms with Crippen molar-refractivity contribution in [2.75, 3.05) is 13.7 Å². The number of rotatable bonds is 6. The molecule has 1 N–H and O–H groups in total. The van der Waals surface area contributed by atoms with E-state index >= 15 is 0 Å². The van der Waals surface area contributed by atoms with Gasteiger partial charge in [-0.05, 0) is 66.8 Å². The van der Waals surface area contributed by atoms with Gasteiger partial charge in [0.2, 0.25) is 0 Å². The van der Waals surface area contributed by atoms with Crippen molar-refractivity contribution in [3.8, 4) is 16.9 Å². The smallest absolute Gasteiger partial charge is 0.118 e. The molecule has 27 heavy (non-hydrogen) atoms. The number of hydrogen-bond donors (Lipinski definition) is 1. The lowest BCUT2D eigenvalue weighted by atomic mass is 9.62. The molecular formula is C25H30O2. The summed E-state index contributed by atoms with van der Waals surface area (Å²) in [7, 11) is 1.68. The maximum atomic E-state index is 9.96. The zero-order chi connectivity index (χ0) is 19.4. The summed E-state index contributed by atoms with van der Waals surface area (Å²) >= 11 is 0. The van der Waals surface area contributed by atoms with Crippen molar-refractivity contribution in [2.24, 2.45) is 11.3 Å². The SMILES string of the molecule is C=C[C@]1(CO)CC[C@@H](C(=C)C)[C@H](c2ccc(-c3ccc(OC)cc3)cc2)C1. The molecule has 0 spiro atoms. The maximum absolute atomic E-state index is 9.96. The van der Waals surface area contributed by atoms with Crippen LogP contribution in [0.25, 0.3) is 11.1 Å². The topological polar surface area (TPSA) is 29.5 Å². The molecule has 0 saturated heterocycles. The fourth-order valence-corrected chi connectivity index (χ4v) is 4.37. The van der Waals surface area contributed by atoms with Crippen LogP contribution in [0.15, 0.2) is 73.3 Å². The van der Waals surface area contributed by atoms with Gasteiger partial charge in [-0.2, -0.15) is 0 Å². The Morgan fingerprint density at radius 2 is 1.74 bits per heavy atom. The Morgan fingerprint density at radius 3 is 2.22 bits per heavy atom. The number of benzene rings is 2. The highest BCUT2D eigenvalue weighted by Crippen LogP contribution is 2.49. The molecule has 2 heteroatoms. The fourth-order valence-electron chi connectivity index (χ4n) is 4.37. The van der Waals surface area contributed by atoms with Crippen LogP contribution in [0.5, 0.6) is 5.75 Å². The minimum atomic E-state index is -0.175. The van der Waals surface area contributed by atoms with Crippen molar-refractivity contribution in [1.82, 2.24) is 0 Å². The highest BCUT2D eigenvalue weighted by atomic mass is 16.5. The second kappa shape index (κ2) is 8.14. The molecule has 0 aliphatic heterocycles. The number of hydrogen-bond acceptors (Lipinski definition) is 2. The Morgan fingerprint density at radius 1 is 1.15 bits per heavy atom. The summed E-state index contributed by atoms with van der Waals surface area (Å²) in [6, 6.07) is 17.0. The van der Waals surface area contributed by atoms with E-state index in [-0.39, 0.29) is 12.0 Å². The van der Waals surface area contributed by atoms with Gasteiger partial charge in [0.05, 0.1) is 13.7 Å². The standard InChI is InChI=1S/C25H30O2/c1-5-25(17-26)15-14-23(18(2)3)24(16-25)21-8-6-19(7-9-21)20-10-12-22(27-4)13-11-20/h5-13,23-24,26H,1-2,14-17H2,3-4H3/t23-,24-,25-/m0/s1. The van der Waals surface area contributed by atoms with Gasteiger partial charge < -0.3 is 9.84 Å². The van der Waals surface area contributed by atoms with Gasteiger partial charge in [-0.25, -0.2) is 0 Å². The molecule has 2 aromatic rings. The summed E-state index contributed by atoms with van der Waals surface area (Å²) in [5.41, 5.74) is 4.75. The quantitative estimate of drug-likeness (QED) is 0.640. The van der Waals surface area contributed by atoms with E-state index in [1.807, 2.05) is 18.2 Å². The van der Waals surface area contributed by atoms with E-state index in [4.69, 9.17) is 4.74 Å². The van der Waals surface area contributed by atoms with Crippen LogP contribution in [-0.4, -0.2) is 18.8 Å². The predicted molar refractivity (Wildman–Crippen MR) is 113 cm³/mol. The van der Waals surface area contributed by atoms with E-state index in [1.54, 1.807) is 7.11 Å². The maximum Gasteiger partial charge on any atom is 0.118 e. The lowest BCUT2D eigenvalue weighted by molar-refractivity contribution is 0.100. The van der Waals surface area contributed by atoms with Gasteiger partial charge in [0.15, 0.2) is 0 Å². The molecule has 3 atom stereocenters. The van der Waals surface area contributed by atoms with Crippen LogP contribution in [0.1, 0.15) is 37.7 Å². The summed E-state index contributed by atoms with van der Waals surface area (Å²) < 4.78 is 5.24. The Hall–Kier alpha value is -2.32. The van der Waals surface area contributed by atoms with E-state index < -0.39 is 0 Å². The molecule has 0 amide bonds. The van der Waals surface area contributed by atoms with E-state index in [2.05, 4.69) is 56.5 Å². The molecule has 142 valence electrons. The van der Waals surface area contributed by atoms with Gasteiger partial charge >= 0.3 is 0 Å². The summed E-state index contributed by atoms with van der Waals surface area (Å²) in [4.78, 5) is 0. The molecule has 0 aromatic heterocycles. The average molecular weight is 363 g/mol. The van der Waals surface area contributed by atoms with Crippen molar-refractivity contribution in [2.45, 2.75) is 32.1 Å². The van der Waals surface area contributed by atoms with Crippen LogP contribution in [-0.2, 0) is 0 Å². The molecule has 2 aromatic carbocycles. The molecule has 0 bridgehead atoms. The Labute approximate surface area is 163 Å². The van der Waals surface area contributed by atoms with E-state index in [0.717, 1.165) is 25.0 Å². The van der Waals surface area contributed by atoms with Crippen LogP contribution in [0.2, 0.25) is 0 Å². The Balaban J connectivity index is 1.88. The number of allylic oxidation sites excluding steroid dienone is 1. The summed E-state index contributed by atoms with van der Waals surface area (Å²) in [5.74, 6) is 1.69. The summed E-state index contributed by atoms with van der Waals surface area (Å²) in [6.45, 7) is 10.5. The summed E-state index contributed by atoms with van der Waals surface area (Å²) in [6.07, 6.45) is 4.91. The third-order valence-electron chi connectivity index (χ3n) is 6.21. The molecule has 0 unspecified atom stereocenters. The number of ether oxygens (including phenoxy) is 1. The highest BCUT2D eigenvalue weighted by molar-refractivity contribution is 5.64. The molecule has 1 aliphatic rings. The van der Waals surface area contributed by atoms with Gasteiger partial charge in [0, 0.05) is 5.41 Å². The minimum absolute atomic E-state index is 0.167. The van der Waals surface area contributed by atoms with Crippen molar-refractivity contribution in [3.63, 3.8) is 0 Å². The average Bonchev–Trinajstić information content (AvgIpc) is 2.73. The van der Waals surface area contributed by atoms with E-state index in [9.17, 15) is 5.11 Å². The zero-order valence-electron chi connectivity index (χ0n) is 16.4. The van der Waals surface area contributed by atoms with Gasteiger partial charge in [-0.1, -0.05) is 54.6 Å². The lowest BCUT2D eigenvalue weighted by Crippen LogP contribution is -2.34. The molecule has 1 saturated carbocycles. The Bertz CT molecular complexity index is 788. The van der Waals surface area contributed by atoms with Gasteiger partial charge in [-0.15, -0.1) is 6.58 Å². The van der Waals surface area contributed by atoms with Gasteiger partial charge in [0.1, 0.15) is 5.75 Å². The number of aliphatic hydroxyl groups excluding tert-OH is 1. The molecule has 2 nitrogen and oxygen atoms in total. The van der Waals surface area contributed by atoms with Crippen molar-refractivity contribution in [3.05, 3.63) is 78.9 Å². The van der Waals surface area contributed by atoms with Crippen LogP contribution in [0.3, 0.4) is 0 Å². The lowest BCUT2D eigenvalue weighted by Gasteiger charge is -2.43. The monoisotopic (exact) mass is 362 g/mol. The van der Waals surface area contributed by atoms with Crippen LogP contribution in [0, 0.1) is 11.3 Å². The van der Waals surface area contributed by atoms with Gasteiger partial charge in [-0.3, -0.25) is 0 Å². The number of methoxy groups -OCH3 is 1. The van der Waals surface area contributed by atoms with Crippen molar-refractivity contribution < 1.29 is 9.84 Å². The fraction of sp³-hybridized carbons (Fsp3) is 0.360. The largest absolute Gasteiger partial charge is 0.497 e. The molecule has 3 rings (SSSR count). The molecule has 0 heterocycles. The third-order valence-corrected chi connectivity index (χ3v) is 6.21. The highest BCUT2D eigenvalue weighted by Gasteiger charge is 2.39. The normalized spacial score (nSPS) is 25.0.